The summed E-state index contributed by atoms with van der Waals surface area (Å²) in [7, 11) is 1.62. The molecular weight excluding hydrogens is 358 g/mol. The van der Waals surface area contributed by atoms with Crippen LogP contribution in [0.1, 0.15) is 12.0 Å². The van der Waals surface area contributed by atoms with E-state index in [1.165, 1.54) is 6.21 Å². The molecule has 0 aliphatic rings. The van der Waals surface area contributed by atoms with Gasteiger partial charge in [0.15, 0.2) is 0 Å². The van der Waals surface area contributed by atoms with Gasteiger partial charge in [-0.15, -0.1) is 0 Å². The van der Waals surface area contributed by atoms with Crippen molar-refractivity contribution in [3.05, 3.63) is 53.1 Å². The number of nitrogens with two attached hydrogens (primary N) is 1. The van der Waals surface area contributed by atoms with E-state index in [0.29, 0.717) is 36.0 Å². The monoisotopic (exact) mass is 377 g/mol. The van der Waals surface area contributed by atoms with Gasteiger partial charge in [-0.3, -0.25) is 0 Å². The molecule has 3 N–H and O–H groups in total. The maximum absolute atomic E-state index is 10.7. The van der Waals surface area contributed by atoms with Crippen molar-refractivity contribution in [2.45, 2.75) is 6.42 Å². The van der Waals surface area contributed by atoms with Crippen LogP contribution in [-0.2, 0) is 0 Å². The first kappa shape index (κ1) is 19.4. The van der Waals surface area contributed by atoms with Crippen LogP contribution in [0.4, 0.5) is 4.79 Å². The van der Waals surface area contributed by atoms with Crippen LogP contribution in [0.25, 0.3) is 0 Å². The summed E-state index contributed by atoms with van der Waals surface area (Å²) in [6.07, 6.45) is 2.10. The topological polar surface area (TPSA) is 95.2 Å². The van der Waals surface area contributed by atoms with Crippen molar-refractivity contribution in [1.29, 1.82) is 0 Å². The molecule has 0 unspecified atom stereocenters. The molecular formula is C18H20ClN3O4. The number of nitrogens with one attached hydrogen (secondary N) is 1. The molecule has 2 aromatic rings. The molecule has 2 rings (SSSR count). The number of amides is 2. The molecule has 26 heavy (non-hydrogen) atoms. The Hall–Kier alpha value is -2.93. The van der Waals surface area contributed by atoms with Crippen molar-refractivity contribution >= 4 is 23.8 Å². The minimum atomic E-state index is -0.749. The maximum atomic E-state index is 10.7. The molecule has 138 valence electrons. The first-order valence-corrected chi connectivity index (χ1v) is 8.24. The fourth-order valence-corrected chi connectivity index (χ4v) is 2.20. The molecule has 0 bridgehead atoms. The minimum absolute atomic E-state index is 0.446. The van der Waals surface area contributed by atoms with Crippen molar-refractivity contribution in [1.82, 2.24) is 5.43 Å². The van der Waals surface area contributed by atoms with Crippen molar-refractivity contribution in [2.75, 3.05) is 20.3 Å². The Morgan fingerprint density at radius 1 is 1.15 bits per heavy atom. The summed E-state index contributed by atoms with van der Waals surface area (Å²) < 4.78 is 16.5. The third-order valence-corrected chi connectivity index (χ3v) is 3.46. The predicted octanol–water partition coefficient (Wildman–Crippen LogP) is 3.20. The van der Waals surface area contributed by atoms with E-state index in [-0.39, 0.29) is 0 Å². The number of carbonyl (C=O) groups is 1. The summed E-state index contributed by atoms with van der Waals surface area (Å²) in [4.78, 5) is 10.7. The van der Waals surface area contributed by atoms with Crippen molar-refractivity contribution in [3.63, 3.8) is 0 Å². The molecule has 8 heteroatoms. The zero-order valence-electron chi connectivity index (χ0n) is 14.3. The predicted molar refractivity (Wildman–Crippen MR) is 100 cm³/mol. The van der Waals surface area contributed by atoms with Gasteiger partial charge < -0.3 is 19.9 Å². The molecule has 2 aromatic carbocycles. The second-order valence-corrected chi connectivity index (χ2v) is 5.58. The minimum Gasteiger partial charge on any atom is -0.497 e. The molecule has 0 radical (unpaired) electrons. The van der Waals surface area contributed by atoms with Crippen LogP contribution in [0.3, 0.4) is 0 Å². The summed E-state index contributed by atoms with van der Waals surface area (Å²) >= 11 is 5.97. The van der Waals surface area contributed by atoms with E-state index < -0.39 is 6.03 Å². The van der Waals surface area contributed by atoms with Gasteiger partial charge in [0, 0.05) is 17.0 Å². The highest BCUT2D eigenvalue weighted by Gasteiger charge is 2.04. The lowest BCUT2D eigenvalue weighted by molar-refractivity contribution is 0.247. The standard InChI is InChI=1S/C18H20ClN3O4/c1-24-15-4-6-16(7-5-15)25-9-2-10-26-17-8-3-14(19)11-13(17)12-21-22-18(20)23/h3-8,11-12H,2,9-10H2,1H3,(H3,20,22,23)/b21-12+. The third-order valence-electron chi connectivity index (χ3n) is 3.22. The van der Waals surface area contributed by atoms with Gasteiger partial charge in [0.05, 0.1) is 26.5 Å². The summed E-state index contributed by atoms with van der Waals surface area (Å²) in [6.45, 7) is 0.953. The van der Waals surface area contributed by atoms with Gasteiger partial charge in [0.1, 0.15) is 17.2 Å². The Bertz CT molecular complexity index is 751. The summed E-state index contributed by atoms with van der Waals surface area (Å²) in [5.41, 5.74) is 7.71. The number of rotatable bonds is 9. The van der Waals surface area contributed by atoms with Gasteiger partial charge in [-0.1, -0.05) is 11.6 Å². The summed E-state index contributed by atoms with van der Waals surface area (Å²) in [5, 5.41) is 4.25. The van der Waals surface area contributed by atoms with E-state index in [1.54, 1.807) is 25.3 Å². The molecule has 0 atom stereocenters. The smallest absolute Gasteiger partial charge is 0.332 e. The highest BCUT2D eigenvalue weighted by atomic mass is 35.5. The van der Waals surface area contributed by atoms with E-state index in [4.69, 9.17) is 31.5 Å². The van der Waals surface area contributed by atoms with E-state index in [0.717, 1.165) is 11.5 Å². The number of primary amides is 1. The second kappa shape index (κ2) is 10.1. The van der Waals surface area contributed by atoms with Crippen molar-refractivity contribution < 1.29 is 19.0 Å². The van der Waals surface area contributed by atoms with Crippen LogP contribution < -0.4 is 25.4 Å². The number of methoxy groups -OCH3 is 1. The van der Waals surface area contributed by atoms with Crippen molar-refractivity contribution in [3.8, 4) is 17.2 Å². The number of hydrogen-bond acceptors (Lipinski definition) is 5. The lowest BCUT2D eigenvalue weighted by Gasteiger charge is -2.10. The summed E-state index contributed by atoms with van der Waals surface area (Å²) in [6, 6.07) is 11.7. The Kier molecular flexibility index (Phi) is 7.57. The number of urea groups is 1. The number of hydrogen-bond donors (Lipinski definition) is 2. The molecule has 2 amide bonds. The number of nitrogens with zero attached hydrogens (tertiary/aromatic N) is 1. The fraction of sp³-hybridized carbons (Fsp3) is 0.222. The highest BCUT2D eigenvalue weighted by molar-refractivity contribution is 6.30. The number of carbonyl (C=O) groups excluding carboxylic acids is 1. The largest absolute Gasteiger partial charge is 0.497 e. The van der Waals surface area contributed by atoms with Crippen LogP contribution >= 0.6 is 11.6 Å². The van der Waals surface area contributed by atoms with Crippen molar-refractivity contribution in [2.24, 2.45) is 10.8 Å². The summed E-state index contributed by atoms with van der Waals surface area (Å²) in [5.74, 6) is 2.14. The average Bonchev–Trinajstić information content (AvgIpc) is 2.63. The third kappa shape index (κ3) is 6.52. The molecule has 0 saturated carbocycles. The van der Waals surface area contributed by atoms with Crippen LogP contribution in [-0.4, -0.2) is 32.6 Å². The first-order chi connectivity index (χ1) is 12.6. The van der Waals surface area contributed by atoms with Crippen LogP contribution in [0, 0.1) is 0 Å². The zero-order chi connectivity index (χ0) is 18.8. The number of ether oxygens (including phenoxy) is 3. The SMILES string of the molecule is COc1ccc(OCCCOc2ccc(Cl)cc2/C=N/NC(N)=O)cc1. The van der Waals surface area contributed by atoms with E-state index in [1.807, 2.05) is 24.3 Å². The Labute approximate surface area is 156 Å². The molecule has 0 saturated heterocycles. The zero-order valence-corrected chi connectivity index (χ0v) is 15.0. The van der Waals surface area contributed by atoms with E-state index in [9.17, 15) is 4.79 Å². The second-order valence-electron chi connectivity index (χ2n) is 5.14. The molecule has 0 heterocycles. The van der Waals surface area contributed by atoms with Gasteiger partial charge >= 0.3 is 6.03 Å². The van der Waals surface area contributed by atoms with Gasteiger partial charge in [-0.2, -0.15) is 5.10 Å². The molecule has 0 spiro atoms. The van der Waals surface area contributed by atoms with Gasteiger partial charge in [-0.25, -0.2) is 10.2 Å². The van der Waals surface area contributed by atoms with Gasteiger partial charge in [-0.05, 0) is 42.5 Å². The Balaban J connectivity index is 1.81. The highest BCUT2D eigenvalue weighted by Crippen LogP contribution is 2.22. The van der Waals surface area contributed by atoms with Crippen LogP contribution in [0.2, 0.25) is 5.02 Å². The number of hydrazone groups is 1. The van der Waals surface area contributed by atoms with Gasteiger partial charge in [0.25, 0.3) is 0 Å². The lowest BCUT2D eigenvalue weighted by atomic mass is 10.2. The quantitative estimate of drug-likeness (QED) is 0.398. The molecule has 7 nitrogen and oxygen atoms in total. The number of halogens is 1. The van der Waals surface area contributed by atoms with E-state index >= 15 is 0 Å². The Morgan fingerprint density at radius 2 is 1.85 bits per heavy atom. The van der Waals surface area contributed by atoms with Crippen LogP contribution in [0.15, 0.2) is 47.6 Å². The van der Waals surface area contributed by atoms with Gasteiger partial charge in [0.2, 0.25) is 0 Å². The lowest BCUT2D eigenvalue weighted by Crippen LogP contribution is -2.24. The van der Waals surface area contributed by atoms with E-state index in [2.05, 4.69) is 10.5 Å². The fourth-order valence-electron chi connectivity index (χ4n) is 2.02. The first-order valence-electron chi connectivity index (χ1n) is 7.86. The molecule has 0 aromatic heterocycles. The number of benzene rings is 2. The maximum Gasteiger partial charge on any atom is 0.332 e. The molecule has 0 fully saturated rings. The molecule has 0 aliphatic carbocycles. The van der Waals surface area contributed by atoms with Crippen LogP contribution in [0.5, 0.6) is 17.2 Å². The Morgan fingerprint density at radius 3 is 2.54 bits per heavy atom. The average molecular weight is 378 g/mol. The molecule has 0 aliphatic heterocycles. The normalized spacial score (nSPS) is 10.5.